The van der Waals surface area contributed by atoms with Gasteiger partial charge < -0.3 is 14.2 Å². The minimum absolute atomic E-state index is 0.0877. The first-order valence-electron chi connectivity index (χ1n) is 26.4. The SMILES string of the molecule is CC/C=C\C/C=C\C/C=C\CCCCCCCCC(=O)OC(COC(=O)CCCCCCC/C=C\CCCCC)COC(=O)CCCCCCCCC/C=C\C/C=C\CCCCC. The van der Waals surface area contributed by atoms with Crippen molar-refractivity contribution in [2.75, 3.05) is 13.2 Å². The lowest BCUT2D eigenvalue weighted by molar-refractivity contribution is -0.167. The predicted molar refractivity (Wildman–Crippen MR) is 270 cm³/mol. The molecule has 0 aromatic rings. The maximum absolute atomic E-state index is 12.8. The summed E-state index contributed by atoms with van der Waals surface area (Å²) in [6.45, 7) is 6.46. The van der Waals surface area contributed by atoms with Crippen molar-refractivity contribution in [1.29, 1.82) is 0 Å². The van der Waals surface area contributed by atoms with Crippen molar-refractivity contribution in [1.82, 2.24) is 0 Å². The third-order valence-electron chi connectivity index (χ3n) is 11.2. The standard InChI is InChI=1S/C57H98O6/c1-4-7-10-13-16-19-22-25-27-29-31-32-35-38-41-44-47-50-56(59)62-53-54(52-61-55(58)49-46-43-40-37-34-24-21-18-15-12-9-6-3)63-57(60)51-48-45-42-39-36-33-30-28-26-23-20-17-14-11-8-5-2/h8,11,16-21,25-28,54H,4-7,9-10,12-15,22-24,29-53H2,1-3H3/b11-8-,19-16-,20-17-,21-18-,27-25-,28-26-. The molecule has 362 valence electrons. The molecule has 0 saturated carbocycles. The number of carbonyl (C=O) groups excluding carboxylic acids is 3. The molecule has 0 amide bonds. The summed E-state index contributed by atoms with van der Waals surface area (Å²) in [5.41, 5.74) is 0. The Morgan fingerprint density at radius 2 is 0.619 bits per heavy atom. The zero-order valence-corrected chi connectivity index (χ0v) is 41.3. The molecule has 0 aromatic heterocycles. The molecule has 0 aliphatic heterocycles. The van der Waals surface area contributed by atoms with Gasteiger partial charge in [0.05, 0.1) is 0 Å². The van der Waals surface area contributed by atoms with E-state index in [9.17, 15) is 14.4 Å². The van der Waals surface area contributed by atoms with Gasteiger partial charge in [-0.1, -0.05) is 196 Å². The fourth-order valence-corrected chi connectivity index (χ4v) is 7.19. The average Bonchev–Trinajstić information content (AvgIpc) is 3.28. The monoisotopic (exact) mass is 879 g/mol. The van der Waals surface area contributed by atoms with E-state index in [4.69, 9.17) is 14.2 Å². The molecule has 0 saturated heterocycles. The molecule has 0 rings (SSSR count). The fourth-order valence-electron chi connectivity index (χ4n) is 7.19. The van der Waals surface area contributed by atoms with E-state index in [1.165, 1.54) is 103 Å². The highest BCUT2D eigenvalue weighted by Gasteiger charge is 2.19. The predicted octanol–water partition coefficient (Wildman–Crippen LogP) is 17.4. The highest BCUT2D eigenvalue weighted by molar-refractivity contribution is 5.71. The third-order valence-corrected chi connectivity index (χ3v) is 11.2. The molecule has 0 aromatic carbocycles. The van der Waals surface area contributed by atoms with Gasteiger partial charge in [0, 0.05) is 19.3 Å². The number of ether oxygens (including phenoxy) is 3. The van der Waals surface area contributed by atoms with E-state index in [0.29, 0.717) is 19.3 Å². The molecule has 0 aliphatic carbocycles. The second kappa shape index (κ2) is 51.5. The van der Waals surface area contributed by atoms with E-state index < -0.39 is 6.10 Å². The highest BCUT2D eigenvalue weighted by Crippen LogP contribution is 2.14. The summed E-state index contributed by atoms with van der Waals surface area (Å²) in [5, 5.41) is 0. The molecule has 6 nitrogen and oxygen atoms in total. The zero-order chi connectivity index (χ0) is 45.8. The molecule has 0 fully saturated rings. The van der Waals surface area contributed by atoms with Crippen molar-refractivity contribution in [3.05, 3.63) is 72.9 Å². The van der Waals surface area contributed by atoms with Crippen LogP contribution in [0.15, 0.2) is 72.9 Å². The number of carbonyl (C=O) groups is 3. The van der Waals surface area contributed by atoms with Gasteiger partial charge in [-0.2, -0.15) is 0 Å². The summed E-state index contributed by atoms with van der Waals surface area (Å²) in [4.78, 5) is 38.0. The molecule has 0 N–H and O–H groups in total. The van der Waals surface area contributed by atoms with Crippen LogP contribution in [-0.2, 0) is 28.6 Å². The van der Waals surface area contributed by atoms with Gasteiger partial charge in [0.25, 0.3) is 0 Å². The van der Waals surface area contributed by atoms with Crippen molar-refractivity contribution in [2.45, 2.75) is 258 Å². The van der Waals surface area contributed by atoms with Gasteiger partial charge in [-0.3, -0.25) is 14.4 Å². The summed E-state index contributed by atoms with van der Waals surface area (Å²) in [6, 6.07) is 0. The van der Waals surface area contributed by atoms with Gasteiger partial charge in [0.2, 0.25) is 0 Å². The van der Waals surface area contributed by atoms with Gasteiger partial charge in [-0.15, -0.1) is 0 Å². The maximum Gasteiger partial charge on any atom is 0.306 e. The molecule has 0 radical (unpaired) electrons. The van der Waals surface area contributed by atoms with Crippen LogP contribution in [0.25, 0.3) is 0 Å². The lowest BCUT2D eigenvalue weighted by atomic mass is 10.1. The van der Waals surface area contributed by atoms with E-state index >= 15 is 0 Å². The Bertz CT molecular complexity index is 1190. The molecule has 63 heavy (non-hydrogen) atoms. The van der Waals surface area contributed by atoms with Gasteiger partial charge in [0.15, 0.2) is 6.10 Å². The quantitative estimate of drug-likeness (QED) is 0.0262. The number of unbranched alkanes of at least 4 members (excludes halogenated alkanes) is 24. The topological polar surface area (TPSA) is 78.9 Å². The number of allylic oxidation sites excluding steroid dienone is 12. The Kier molecular flexibility index (Phi) is 48.9. The highest BCUT2D eigenvalue weighted by atomic mass is 16.6. The Labute approximate surface area is 389 Å². The Morgan fingerprint density at radius 1 is 0.333 bits per heavy atom. The first-order valence-corrected chi connectivity index (χ1v) is 26.4. The van der Waals surface area contributed by atoms with Crippen molar-refractivity contribution in [3.8, 4) is 0 Å². The van der Waals surface area contributed by atoms with Crippen LogP contribution in [-0.4, -0.2) is 37.2 Å². The van der Waals surface area contributed by atoms with E-state index in [2.05, 4.69) is 93.7 Å². The number of esters is 3. The first kappa shape index (κ1) is 59.9. The van der Waals surface area contributed by atoms with Crippen LogP contribution in [0.2, 0.25) is 0 Å². The maximum atomic E-state index is 12.8. The van der Waals surface area contributed by atoms with Gasteiger partial charge in [-0.25, -0.2) is 0 Å². The van der Waals surface area contributed by atoms with Crippen molar-refractivity contribution >= 4 is 17.9 Å². The van der Waals surface area contributed by atoms with E-state index in [0.717, 1.165) is 109 Å². The fraction of sp³-hybridized carbons (Fsp3) is 0.737. The van der Waals surface area contributed by atoms with E-state index in [-0.39, 0.29) is 31.1 Å². The van der Waals surface area contributed by atoms with Crippen LogP contribution in [0.5, 0.6) is 0 Å². The lowest BCUT2D eigenvalue weighted by Crippen LogP contribution is -2.30. The van der Waals surface area contributed by atoms with E-state index in [1.54, 1.807) is 0 Å². The second-order valence-corrected chi connectivity index (χ2v) is 17.4. The molecule has 0 aliphatic rings. The van der Waals surface area contributed by atoms with Gasteiger partial charge >= 0.3 is 17.9 Å². The number of hydrogen-bond donors (Lipinski definition) is 0. The molecular weight excluding hydrogens is 781 g/mol. The summed E-state index contributed by atoms with van der Waals surface area (Å²) < 4.78 is 16.8. The summed E-state index contributed by atoms with van der Waals surface area (Å²) >= 11 is 0. The summed E-state index contributed by atoms with van der Waals surface area (Å²) in [6.07, 6.45) is 64.5. The van der Waals surface area contributed by atoms with E-state index in [1.807, 2.05) is 0 Å². The summed E-state index contributed by atoms with van der Waals surface area (Å²) in [5.74, 6) is -0.915. The first-order chi connectivity index (χ1) is 31.0. The number of rotatable bonds is 47. The van der Waals surface area contributed by atoms with Gasteiger partial charge in [-0.05, 0) is 109 Å². The third kappa shape index (κ3) is 49.7. The summed E-state index contributed by atoms with van der Waals surface area (Å²) in [7, 11) is 0. The Hall–Kier alpha value is -3.15. The lowest BCUT2D eigenvalue weighted by Gasteiger charge is -2.18. The molecule has 0 heterocycles. The largest absolute Gasteiger partial charge is 0.462 e. The second-order valence-electron chi connectivity index (χ2n) is 17.4. The van der Waals surface area contributed by atoms with Crippen molar-refractivity contribution in [2.24, 2.45) is 0 Å². The van der Waals surface area contributed by atoms with Crippen LogP contribution in [0.4, 0.5) is 0 Å². The van der Waals surface area contributed by atoms with Crippen LogP contribution in [0.1, 0.15) is 252 Å². The minimum atomic E-state index is -0.788. The number of hydrogen-bond acceptors (Lipinski definition) is 6. The smallest absolute Gasteiger partial charge is 0.306 e. The van der Waals surface area contributed by atoms with Crippen LogP contribution < -0.4 is 0 Å². The van der Waals surface area contributed by atoms with Crippen LogP contribution in [0, 0.1) is 0 Å². The molecule has 1 unspecified atom stereocenters. The van der Waals surface area contributed by atoms with Crippen molar-refractivity contribution in [3.63, 3.8) is 0 Å². The molecular formula is C57H98O6. The Morgan fingerprint density at radius 3 is 0.984 bits per heavy atom. The molecule has 0 spiro atoms. The van der Waals surface area contributed by atoms with Gasteiger partial charge in [0.1, 0.15) is 13.2 Å². The molecule has 0 bridgehead atoms. The zero-order valence-electron chi connectivity index (χ0n) is 41.3. The van der Waals surface area contributed by atoms with Crippen molar-refractivity contribution < 1.29 is 28.6 Å². The van der Waals surface area contributed by atoms with Crippen LogP contribution >= 0.6 is 0 Å². The Balaban J connectivity index is 4.41. The molecule has 6 heteroatoms. The molecule has 1 atom stereocenters. The average molecular weight is 879 g/mol. The van der Waals surface area contributed by atoms with Crippen LogP contribution in [0.3, 0.4) is 0 Å². The normalized spacial score (nSPS) is 12.6. The minimum Gasteiger partial charge on any atom is -0.462 e.